The van der Waals surface area contributed by atoms with Gasteiger partial charge in [0, 0.05) is 19.6 Å². The minimum absolute atomic E-state index is 0.0699. The maximum absolute atomic E-state index is 13.0. The van der Waals surface area contributed by atoms with Gasteiger partial charge in [-0.05, 0) is 60.7 Å². The minimum atomic E-state index is -1.99. The standard InChI is InChI=1S/C31H56O5Si2/c1-25(29(33-8)21-22-35-37(9,10)30(2,3)4)28(32)20-16-19-27(36-38(11,12)31(5,6)7)24-34-23-26-17-14-13-15-18-26/h13-18,20,25,27,29H,19,21-24H2,1-12H3/b20-16+/t25-,27-,29-/m0/s1. The molecule has 1 aromatic carbocycles. The Bertz CT molecular complexity index is 853. The molecule has 1 rings (SSSR count). The number of allylic oxidation sites excluding steroid dienone is 1. The van der Waals surface area contributed by atoms with Crippen molar-refractivity contribution in [1.82, 2.24) is 0 Å². The fourth-order valence-corrected chi connectivity index (χ4v) is 5.93. The van der Waals surface area contributed by atoms with E-state index >= 15 is 0 Å². The predicted molar refractivity (Wildman–Crippen MR) is 165 cm³/mol. The van der Waals surface area contributed by atoms with Crippen molar-refractivity contribution in [3.63, 3.8) is 0 Å². The van der Waals surface area contributed by atoms with Crippen LogP contribution >= 0.6 is 0 Å². The Morgan fingerprint density at radius 3 is 2.05 bits per heavy atom. The van der Waals surface area contributed by atoms with Gasteiger partial charge in [0.1, 0.15) is 0 Å². The summed E-state index contributed by atoms with van der Waals surface area (Å²) in [7, 11) is -2.14. The summed E-state index contributed by atoms with van der Waals surface area (Å²) >= 11 is 0. The van der Waals surface area contributed by atoms with E-state index in [2.05, 4.69) is 79.9 Å². The Balaban J connectivity index is 2.76. The summed E-state index contributed by atoms with van der Waals surface area (Å²) in [5.74, 6) is -0.172. The first-order valence-electron chi connectivity index (χ1n) is 14.1. The van der Waals surface area contributed by atoms with Crippen LogP contribution in [0.2, 0.25) is 36.3 Å². The minimum Gasteiger partial charge on any atom is -0.417 e. The number of hydrogen-bond acceptors (Lipinski definition) is 5. The van der Waals surface area contributed by atoms with Crippen molar-refractivity contribution in [2.24, 2.45) is 5.92 Å². The van der Waals surface area contributed by atoms with Crippen molar-refractivity contribution >= 4 is 22.4 Å². The Morgan fingerprint density at radius 1 is 0.947 bits per heavy atom. The molecule has 0 unspecified atom stereocenters. The van der Waals surface area contributed by atoms with E-state index in [1.165, 1.54) is 0 Å². The molecule has 7 heteroatoms. The molecule has 1 aromatic rings. The van der Waals surface area contributed by atoms with E-state index < -0.39 is 16.6 Å². The molecule has 0 saturated carbocycles. The molecule has 5 nitrogen and oxygen atoms in total. The smallest absolute Gasteiger partial charge is 0.192 e. The van der Waals surface area contributed by atoms with E-state index in [1.807, 2.05) is 31.2 Å². The van der Waals surface area contributed by atoms with Crippen LogP contribution in [0.5, 0.6) is 0 Å². The molecule has 218 valence electrons. The van der Waals surface area contributed by atoms with Gasteiger partial charge in [-0.25, -0.2) is 0 Å². The molecule has 0 spiro atoms. The highest BCUT2D eigenvalue weighted by atomic mass is 28.4. The zero-order chi connectivity index (χ0) is 29.2. The Morgan fingerprint density at radius 2 is 1.53 bits per heavy atom. The topological polar surface area (TPSA) is 54.0 Å². The Kier molecular flexibility index (Phi) is 13.8. The quantitative estimate of drug-likeness (QED) is 0.150. The molecule has 0 aliphatic carbocycles. The molecule has 0 radical (unpaired) electrons. The zero-order valence-corrected chi connectivity index (χ0v) is 28.4. The molecular weight excluding hydrogens is 509 g/mol. The lowest BCUT2D eigenvalue weighted by Crippen LogP contribution is -2.45. The van der Waals surface area contributed by atoms with E-state index in [0.29, 0.717) is 32.7 Å². The van der Waals surface area contributed by atoms with Crippen molar-refractivity contribution in [1.29, 1.82) is 0 Å². The van der Waals surface area contributed by atoms with E-state index in [9.17, 15) is 4.79 Å². The lowest BCUT2D eigenvalue weighted by atomic mass is 9.96. The van der Waals surface area contributed by atoms with Gasteiger partial charge in [-0.1, -0.05) is 84.9 Å². The van der Waals surface area contributed by atoms with Crippen LogP contribution < -0.4 is 0 Å². The Hall–Kier alpha value is -1.10. The summed E-state index contributed by atoms with van der Waals surface area (Å²) in [6.45, 7) is 26.0. The molecule has 0 fully saturated rings. The van der Waals surface area contributed by atoms with Gasteiger partial charge in [-0.15, -0.1) is 0 Å². The van der Waals surface area contributed by atoms with Gasteiger partial charge in [0.15, 0.2) is 22.4 Å². The molecule has 38 heavy (non-hydrogen) atoms. The van der Waals surface area contributed by atoms with Crippen LogP contribution in [-0.2, 0) is 29.7 Å². The van der Waals surface area contributed by atoms with Gasteiger partial charge < -0.3 is 18.3 Å². The van der Waals surface area contributed by atoms with E-state index in [1.54, 1.807) is 13.2 Å². The monoisotopic (exact) mass is 564 g/mol. The molecule has 0 bridgehead atoms. The third kappa shape index (κ3) is 11.6. The number of carbonyl (C=O) groups is 1. The fourth-order valence-electron chi connectivity index (χ4n) is 3.52. The maximum Gasteiger partial charge on any atom is 0.192 e. The van der Waals surface area contributed by atoms with Crippen molar-refractivity contribution in [2.75, 3.05) is 20.3 Å². The summed E-state index contributed by atoms with van der Waals surface area (Å²) < 4.78 is 24.7. The molecule has 0 amide bonds. The van der Waals surface area contributed by atoms with Crippen molar-refractivity contribution in [2.45, 2.75) is 116 Å². The number of rotatable bonds is 16. The van der Waals surface area contributed by atoms with Gasteiger partial charge >= 0.3 is 0 Å². The number of hydrogen-bond donors (Lipinski definition) is 0. The number of ether oxygens (including phenoxy) is 2. The molecule has 0 N–H and O–H groups in total. The van der Waals surface area contributed by atoms with Crippen LogP contribution in [0.25, 0.3) is 0 Å². The van der Waals surface area contributed by atoms with Crippen LogP contribution in [0.3, 0.4) is 0 Å². The number of benzene rings is 1. The van der Waals surface area contributed by atoms with Gasteiger partial charge in [0.2, 0.25) is 0 Å². The molecule has 0 aliphatic heterocycles. The van der Waals surface area contributed by atoms with Gasteiger partial charge in [0.05, 0.1) is 25.4 Å². The molecule has 3 atom stereocenters. The van der Waals surface area contributed by atoms with E-state index in [-0.39, 0.29) is 34.0 Å². The first-order chi connectivity index (χ1) is 17.4. The van der Waals surface area contributed by atoms with Crippen LogP contribution in [-0.4, -0.2) is 54.9 Å². The Labute approximate surface area is 235 Å². The molecular formula is C31H56O5Si2. The fraction of sp³-hybridized carbons (Fsp3) is 0.710. The van der Waals surface area contributed by atoms with Crippen molar-refractivity contribution < 1.29 is 23.1 Å². The first-order valence-corrected chi connectivity index (χ1v) is 19.9. The second-order valence-electron chi connectivity index (χ2n) is 13.5. The molecule has 0 heterocycles. The zero-order valence-electron chi connectivity index (χ0n) is 26.4. The molecule has 0 aliphatic rings. The average Bonchev–Trinajstić information content (AvgIpc) is 2.80. The summed E-state index contributed by atoms with van der Waals surface area (Å²) in [5.41, 5.74) is 1.14. The third-order valence-corrected chi connectivity index (χ3v) is 17.4. The first kappa shape index (κ1) is 34.9. The van der Waals surface area contributed by atoms with Crippen molar-refractivity contribution in [3.8, 4) is 0 Å². The number of ketones is 1. The van der Waals surface area contributed by atoms with E-state index in [0.717, 1.165) is 5.56 Å². The lowest BCUT2D eigenvalue weighted by molar-refractivity contribution is -0.122. The lowest BCUT2D eigenvalue weighted by Gasteiger charge is -2.39. The summed E-state index contributed by atoms with van der Waals surface area (Å²) in [6.07, 6.45) is 4.70. The highest BCUT2D eigenvalue weighted by Gasteiger charge is 2.39. The van der Waals surface area contributed by atoms with Gasteiger partial charge in [-0.2, -0.15) is 0 Å². The maximum atomic E-state index is 13.0. The summed E-state index contributed by atoms with van der Waals surface area (Å²) in [6, 6.07) is 10.2. The predicted octanol–water partition coefficient (Wildman–Crippen LogP) is 8.17. The van der Waals surface area contributed by atoms with Crippen LogP contribution in [0.15, 0.2) is 42.5 Å². The van der Waals surface area contributed by atoms with Crippen molar-refractivity contribution in [3.05, 3.63) is 48.0 Å². The third-order valence-electron chi connectivity index (χ3n) is 8.34. The average molecular weight is 565 g/mol. The molecule has 0 aromatic heterocycles. The largest absolute Gasteiger partial charge is 0.417 e. The van der Waals surface area contributed by atoms with E-state index in [4.69, 9.17) is 18.3 Å². The highest BCUT2D eigenvalue weighted by molar-refractivity contribution is 6.74. The van der Waals surface area contributed by atoms with Crippen LogP contribution in [0.1, 0.15) is 66.9 Å². The second kappa shape index (κ2) is 15.1. The SMILES string of the molecule is CO[C@@H](CCO[Si](C)(C)C(C)(C)C)[C@@H](C)C(=O)/C=C/C[C@@H](COCc1ccccc1)O[Si](C)(C)C(C)(C)C. The van der Waals surface area contributed by atoms with Crippen LogP contribution in [0.4, 0.5) is 0 Å². The van der Waals surface area contributed by atoms with Gasteiger partial charge in [0.25, 0.3) is 0 Å². The normalized spacial score (nSPS) is 16.0. The number of methoxy groups -OCH3 is 1. The number of carbonyl (C=O) groups excluding carboxylic acids is 1. The van der Waals surface area contributed by atoms with Crippen LogP contribution in [0, 0.1) is 5.92 Å². The van der Waals surface area contributed by atoms with Gasteiger partial charge in [-0.3, -0.25) is 4.79 Å². The summed E-state index contributed by atoms with van der Waals surface area (Å²) in [5, 5.41) is 0.254. The summed E-state index contributed by atoms with van der Waals surface area (Å²) in [4.78, 5) is 13.0. The molecule has 0 saturated heterocycles. The second-order valence-corrected chi connectivity index (χ2v) is 23.1. The highest BCUT2D eigenvalue weighted by Crippen LogP contribution is 2.38.